The Hall–Kier alpha value is -2.89. The highest BCUT2D eigenvalue weighted by molar-refractivity contribution is 6.07. The number of anilines is 1. The second kappa shape index (κ2) is 8.28. The molecule has 0 amide bonds. The van der Waals surface area contributed by atoms with Gasteiger partial charge in [0.1, 0.15) is 0 Å². The number of ketones is 1. The lowest BCUT2D eigenvalue weighted by molar-refractivity contribution is -0.0512. The minimum atomic E-state index is -2.93. The maximum absolute atomic E-state index is 12.3. The largest absolute Gasteiger partial charge is 0.493 e. The number of rotatable bonds is 7. The Labute approximate surface area is 145 Å². The number of nitrogens with zero attached hydrogens (tertiary/aromatic N) is 1. The summed E-state index contributed by atoms with van der Waals surface area (Å²) in [4.78, 5) is 14.2. The van der Waals surface area contributed by atoms with E-state index >= 15 is 0 Å². The Balaban J connectivity index is 2.13. The van der Waals surface area contributed by atoms with Gasteiger partial charge in [-0.15, -0.1) is 0 Å². The molecule has 0 aliphatic rings. The summed E-state index contributed by atoms with van der Waals surface area (Å²) in [6.45, 7) is -2.93. The van der Waals surface area contributed by atoms with Gasteiger partial charge in [0.05, 0.1) is 7.11 Å². The highest BCUT2D eigenvalue weighted by Crippen LogP contribution is 2.29. The average molecular weight is 347 g/mol. The maximum Gasteiger partial charge on any atom is 0.387 e. The van der Waals surface area contributed by atoms with Crippen LogP contribution in [-0.4, -0.2) is 33.6 Å². The van der Waals surface area contributed by atoms with Crippen LogP contribution < -0.4 is 14.4 Å². The highest BCUT2D eigenvalue weighted by Gasteiger charge is 2.10. The molecule has 0 spiro atoms. The number of alkyl halides is 2. The molecule has 0 atom stereocenters. The monoisotopic (exact) mass is 347 g/mol. The van der Waals surface area contributed by atoms with Gasteiger partial charge in [0.25, 0.3) is 0 Å². The van der Waals surface area contributed by atoms with Gasteiger partial charge in [-0.3, -0.25) is 4.79 Å². The standard InChI is InChI=1S/C19H19F2NO3/c1-22(2)15-8-6-14(7-9-15)16(23)10-4-13-5-11-17(25-19(20)21)18(12-13)24-3/h4-12,19H,1-3H3/b10-4+. The summed E-state index contributed by atoms with van der Waals surface area (Å²) in [5.41, 5.74) is 2.20. The van der Waals surface area contributed by atoms with Gasteiger partial charge in [0, 0.05) is 25.3 Å². The van der Waals surface area contributed by atoms with Crippen molar-refractivity contribution in [1.29, 1.82) is 0 Å². The highest BCUT2D eigenvalue weighted by atomic mass is 19.3. The van der Waals surface area contributed by atoms with Crippen molar-refractivity contribution in [2.45, 2.75) is 6.61 Å². The summed E-state index contributed by atoms with van der Waals surface area (Å²) in [5.74, 6) is -0.0392. The summed E-state index contributed by atoms with van der Waals surface area (Å²) in [7, 11) is 5.20. The van der Waals surface area contributed by atoms with Crippen molar-refractivity contribution in [2.75, 3.05) is 26.1 Å². The predicted molar refractivity (Wildman–Crippen MR) is 93.8 cm³/mol. The third-order valence-electron chi connectivity index (χ3n) is 3.50. The van der Waals surface area contributed by atoms with E-state index in [9.17, 15) is 13.6 Å². The molecule has 0 unspecified atom stereocenters. The number of carbonyl (C=O) groups is 1. The molecule has 2 rings (SSSR count). The molecule has 2 aromatic carbocycles. The molecule has 0 aliphatic carbocycles. The molecule has 0 bridgehead atoms. The van der Waals surface area contributed by atoms with Crippen LogP contribution in [-0.2, 0) is 0 Å². The van der Waals surface area contributed by atoms with Crippen LogP contribution in [0, 0.1) is 0 Å². The van der Waals surface area contributed by atoms with E-state index in [0.717, 1.165) is 5.69 Å². The van der Waals surface area contributed by atoms with Crippen LogP contribution in [0.3, 0.4) is 0 Å². The van der Waals surface area contributed by atoms with Gasteiger partial charge >= 0.3 is 6.61 Å². The smallest absolute Gasteiger partial charge is 0.387 e. The number of methoxy groups -OCH3 is 1. The molecule has 0 saturated carbocycles. The molecule has 0 N–H and O–H groups in total. The number of halogens is 2. The molecule has 25 heavy (non-hydrogen) atoms. The number of hydrogen-bond acceptors (Lipinski definition) is 4. The van der Waals surface area contributed by atoms with E-state index < -0.39 is 6.61 Å². The van der Waals surface area contributed by atoms with Crippen LogP contribution in [0.25, 0.3) is 6.08 Å². The predicted octanol–water partition coefficient (Wildman–Crippen LogP) is 4.26. The van der Waals surface area contributed by atoms with Crippen LogP contribution in [0.5, 0.6) is 11.5 Å². The normalized spacial score (nSPS) is 11.0. The fourth-order valence-electron chi connectivity index (χ4n) is 2.17. The van der Waals surface area contributed by atoms with E-state index in [1.807, 2.05) is 31.1 Å². The van der Waals surface area contributed by atoms with Crippen LogP contribution in [0.15, 0.2) is 48.5 Å². The topological polar surface area (TPSA) is 38.8 Å². The summed E-state index contributed by atoms with van der Waals surface area (Å²) < 4.78 is 34.0. The van der Waals surface area contributed by atoms with E-state index in [1.54, 1.807) is 24.3 Å². The second-order valence-electron chi connectivity index (χ2n) is 5.43. The number of allylic oxidation sites excluding steroid dienone is 1. The van der Waals surface area contributed by atoms with Gasteiger partial charge in [-0.05, 0) is 48.0 Å². The number of benzene rings is 2. The molecule has 0 fully saturated rings. The fourth-order valence-corrected chi connectivity index (χ4v) is 2.17. The molecule has 4 nitrogen and oxygen atoms in total. The quantitative estimate of drug-likeness (QED) is 0.554. The van der Waals surface area contributed by atoms with Crippen molar-refractivity contribution >= 4 is 17.5 Å². The van der Waals surface area contributed by atoms with Crippen LogP contribution in [0.2, 0.25) is 0 Å². The van der Waals surface area contributed by atoms with Crippen molar-refractivity contribution < 1.29 is 23.0 Å². The number of hydrogen-bond donors (Lipinski definition) is 0. The van der Waals surface area contributed by atoms with E-state index in [0.29, 0.717) is 11.1 Å². The Bertz CT molecular complexity index is 756. The lowest BCUT2D eigenvalue weighted by Gasteiger charge is -2.12. The zero-order chi connectivity index (χ0) is 18.4. The van der Waals surface area contributed by atoms with Crippen molar-refractivity contribution in [2.24, 2.45) is 0 Å². The first-order valence-corrected chi connectivity index (χ1v) is 7.53. The zero-order valence-corrected chi connectivity index (χ0v) is 14.2. The first-order chi connectivity index (χ1) is 11.9. The van der Waals surface area contributed by atoms with Gasteiger partial charge in [-0.1, -0.05) is 12.1 Å². The SMILES string of the molecule is COc1cc(/C=C/C(=O)c2ccc(N(C)C)cc2)ccc1OC(F)F. The summed E-state index contributed by atoms with van der Waals surface area (Å²) >= 11 is 0. The molecule has 0 aliphatic heterocycles. The van der Waals surface area contributed by atoms with Crippen molar-refractivity contribution in [1.82, 2.24) is 0 Å². The van der Waals surface area contributed by atoms with E-state index in [2.05, 4.69) is 4.74 Å². The second-order valence-corrected chi connectivity index (χ2v) is 5.43. The van der Waals surface area contributed by atoms with Crippen molar-refractivity contribution in [3.63, 3.8) is 0 Å². The van der Waals surface area contributed by atoms with Crippen LogP contribution in [0.1, 0.15) is 15.9 Å². The summed E-state index contributed by atoms with van der Waals surface area (Å²) in [6, 6.07) is 11.7. The summed E-state index contributed by atoms with van der Waals surface area (Å²) in [5, 5.41) is 0. The van der Waals surface area contributed by atoms with E-state index in [1.165, 1.54) is 25.3 Å². The van der Waals surface area contributed by atoms with Gasteiger partial charge in [0.15, 0.2) is 17.3 Å². The number of carbonyl (C=O) groups excluding carboxylic acids is 1. The Kier molecular flexibility index (Phi) is 6.11. The fraction of sp³-hybridized carbons (Fsp3) is 0.211. The molecular formula is C19H19F2NO3. The molecule has 6 heteroatoms. The zero-order valence-electron chi connectivity index (χ0n) is 14.2. The van der Waals surface area contributed by atoms with Crippen molar-refractivity contribution in [3.05, 3.63) is 59.7 Å². The van der Waals surface area contributed by atoms with Gasteiger partial charge in [0.2, 0.25) is 0 Å². The van der Waals surface area contributed by atoms with E-state index in [-0.39, 0.29) is 17.3 Å². The lowest BCUT2D eigenvalue weighted by Crippen LogP contribution is -2.08. The van der Waals surface area contributed by atoms with E-state index in [4.69, 9.17) is 4.74 Å². The maximum atomic E-state index is 12.3. The lowest BCUT2D eigenvalue weighted by atomic mass is 10.1. The first-order valence-electron chi connectivity index (χ1n) is 7.53. The Morgan fingerprint density at radius 2 is 1.76 bits per heavy atom. The third-order valence-corrected chi connectivity index (χ3v) is 3.50. The van der Waals surface area contributed by atoms with Crippen LogP contribution >= 0.6 is 0 Å². The number of ether oxygens (including phenoxy) is 2. The molecule has 132 valence electrons. The summed E-state index contributed by atoms with van der Waals surface area (Å²) in [6.07, 6.45) is 3.02. The molecule has 0 heterocycles. The minimum absolute atomic E-state index is 0.0553. The average Bonchev–Trinajstić information content (AvgIpc) is 2.60. The van der Waals surface area contributed by atoms with Gasteiger partial charge in [-0.25, -0.2) is 0 Å². The van der Waals surface area contributed by atoms with Crippen LogP contribution in [0.4, 0.5) is 14.5 Å². The van der Waals surface area contributed by atoms with Gasteiger partial charge < -0.3 is 14.4 Å². The van der Waals surface area contributed by atoms with Gasteiger partial charge in [-0.2, -0.15) is 8.78 Å². The molecular weight excluding hydrogens is 328 g/mol. The molecule has 0 aromatic heterocycles. The minimum Gasteiger partial charge on any atom is -0.493 e. The molecule has 0 saturated heterocycles. The molecule has 0 radical (unpaired) electrons. The Morgan fingerprint density at radius 3 is 2.32 bits per heavy atom. The third kappa shape index (κ3) is 5.04. The first kappa shape index (κ1) is 18.4. The Morgan fingerprint density at radius 1 is 1.08 bits per heavy atom. The van der Waals surface area contributed by atoms with Crippen molar-refractivity contribution in [3.8, 4) is 11.5 Å². The molecule has 2 aromatic rings.